The van der Waals surface area contributed by atoms with Gasteiger partial charge in [-0.05, 0) is 37.1 Å². The van der Waals surface area contributed by atoms with E-state index in [-0.39, 0.29) is 18.6 Å². The molecule has 1 fully saturated rings. The topological polar surface area (TPSA) is 68.3 Å². The summed E-state index contributed by atoms with van der Waals surface area (Å²) in [4.78, 5) is 28.1. The fourth-order valence-electron chi connectivity index (χ4n) is 2.70. The smallest absolute Gasteiger partial charge is 0.341 e. The van der Waals surface area contributed by atoms with Crippen molar-refractivity contribution in [2.75, 3.05) is 12.9 Å². The molecule has 1 aromatic heterocycles. The summed E-state index contributed by atoms with van der Waals surface area (Å²) in [5, 5.41) is 3.57. The number of ether oxygens (including phenoxy) is 1. The van der Waals surface area contributed by atoms with E-state index in [1.807, 2.05) is 6.26 Å². The van der Waals surface area contributed by atoms with Gasteiger partial charge in [0.25, 0.3) is 5.91 Å². The molecule has 5 nitrogen and oxygen atoms in total. The number of carbonyl (C=O) groups is 2. The van der Waals surface area contributed by atoms with E-state index >= 15 is 0 Å². The summed E-state index contributed by atoms with van der Waals surface area (Å²) in [6.07, 6.45) is 7.97. The number of pyridine rings is 1. The van der Waals surface area contributed by atoms with Crippen molar-refractivity contribution in [3.63, 3.8) is 0 Å². The molecular weight excluding hydrogens is 300 g/mol. The third kappa shape index (κ3) is 4.47. The average Bonchev–Trinajstić information content (AvgIpc) is 2.54. The molecule has 0 radical (unpaired) electrons. The van der Waals surface area contributed by atoms with Crippen LogP contribution >= 0.6 is 11.8 Å². The third-order valence-corrected chi connectivity index (χ3v) is 4.69. The summed E-state index contributed by atoms with van der Waals surface area (Å²) in [6, 6.07) is 3.53. The zero-order valence-electron chi connectivity index (χ0n) is 13.0. The zero-order chi connectivity index (χ0) is 15.9. The first-order chi connectivity index (χ1) is 10.6. The molecule has 2 rings (SSSR count). The van der Waals surface area contributed by atoms with Crippen molar-refractivity contribution in [3.05, 3.63) is 23.9 Å². The normalized spacial score (nSPS) is 21.2. The fourth-order valence-corrected chi connectivity index (χ4v) is 3.23. The summed E-state index contributed by atoms with van der Waals surface area (Å²) < 4.78 is 5.10. The van der Waals surface area contributed by atoms with Crippen LogP contribution in [0.25, 0.3) is 0 Å². The van der Waals surface area contributed by atoms with E-state index in [1.54, 1.807) is 18.3 Å². The van der Waals surface area contributed by atoms with Gasteiger partial charge in [-0.25, -0.2) is 9.78 Å². The summed E-state index contributed by atoms with van der Waals surface area (Å²) in [5.41, 5.74) is 0.397. The van der Waals surface area contributed by atoms with Crippen molar-refractivity contribution < 1.29 is 14.3 Å². The molecule has 0 bridgehead atoms. The van der Waals surface area contributed by atoms with Gasteiger partial charge in [0.05, 0.1) is 5.56 Å². The van der Waals surface area contributed by atoms with Gasteiger partial charge >= 0.3 is 5.97 Å². The number of esters is 1. The van der Waals surface area contributed by atoms with Gasteiger partial charge in [0.15, 0.2) is 6.61 Å². The SMILES string of the molecule is CSc1ncccc1C(=O)OCC(=O)N[C@@H]1CCCC[C@H]1C. The zero-order valence-corrected chi connectivity index (χ0v) is 13.8. The highest BCUT2D eigenvalue weighted by Crippen LogP contribution is 2.23. The lowest BCUT2D eigenvalue weighted by atomic mass is 9.86. The number of nitrogens with zero attached hydrogens (tertiary/aromatic N) is 1. The van der Waals surface area contributed by atoms with Crippen LogP contribution in [0.1, 0.15) is 43.0 Å². The van der Waals surface area contributed by atoms with Crippen LogP contribution in [0.2, 0.25) is 0 Å². The van der Waals surface area contributed by atoms with Crippen LogP contribution in [0.5, 0.6) is 0 Å². The van der Waals surface area contributed by atoms with Gasteiger partial charge in [-0.3, -0.25) is 4.79 Å². The average molecular weight is 322 g/mol. The van der Waals surface area contributed by atoms with Crippen LogP contribution < -0.4 is 5.32 Å². The van der Waals surface area contributed by atoms with Crippen molar-refractivity contribution >= 4 is 23.6 Å². The fraction of sp³-hybridized carbons (Fsp3) is 0.562. The lowest BCUT2D eigenvalue weighted by Crippen LogP contribution is -2.42. The van der Waals surface area contributed by atoms with Gasteiger partial charge in [0.2, 0.25) is 0 Å². The number of rotatable bonds is 5. The molecule has 1 aliphatic rings. The predicted molar refractivity (Wildman–Crippen MR) is 85.9 cm³/mol. The quantitative estimate of drug-likeness (QED) is 0.667. The summed E-state index contributed by atoms with van der Waals surface area (Å²) in [5.74, 6) is -0.263. The molecule has 0 aliphatic heterocycles. The molecule has 1 saturated carbocycles. The maximum Gasteiger partial charge on any atom is 0.341 e. The summed E-state index contributed by atoms with van der Waals surface area (Å²) in [6.45, 7) is 1.90. The van der Waals surface area contributed by atoms with Crippen LogP contribution in [0.4, 0.5) is 0 Å². The van der Waals surface area contributed by atoms with Crippen LogP contribution in [0.15, 0.2) is 23.4 Å². The van der Waals surface area contributed by atoms with E-state index in [0.29, 0.717) is 16.5 Å². The molecule has 1 aliphatic carbocycles. The minimum atomic E-state index is -0.510. The highest BCUT2D eigenvalue weighted by molar-refractivity contribution is 7.98. The van der Waals surface area contributed by atoms with E-state index in [1.165, 1.54) is 18.2 Å². The number of nitrogens with one attached hydrogen (secondary N) is 1. The molecule has 22 heavy (non-hydrogen) atoms. The minimum absolute atomic E-state index is 0.195. The predicted octanol–water partition coefficient (Wildman–Crippen LogP) is 2.66. The van der Waals surface area contributed by atoms with Gasteiger partial charge in [-0.1, -0.05) is 19.8 Å². The Balaban J connectivity index is 1.84. The molecule has 0 aromatic carbocycles. The first-order valence-corrected chi connectivity index (χ1v) is 8.79. The molecule has 120 valence electrons. The van der Waals surface area contributed by atoms with Gasteiger partial charge in [-0.2, -0.15) is 0 Å². The van der Waals surface area contributed by atoms with Crippen molar-refractivity contribution in [1.29, 1.82) is 0 Å². The molecular formula is C16H22N2O3S. The molecule has 1 amide bonds. The Hall–Kier alpha value is -1.56. The second kappa shape index (κ2) is 8.17. The van der Waals surface area contributed by atoms with Crippen molar-refractivity contribution in [3.8, 4) is 0 Å². The molecule has 1 heterocycles. The minimum Gasteiger partial charge on any atom is -0.452 e. The monoisotopic (exact) mass is 322 g/mol. The highest BCUT2D eigenvalue weighted by Gasteiger charge is 2.23. The van der Waals surface area contributed by atoms with Gasteiger partial charge in [0.1, 0.15) is 5.03 Å². The summed E-state index contributed by atoms with van der Waals surface area (Å²) >= 11 is 1.37. The Kier molecular flexibility index (Phi) is 6.24. The van der Waals surface area contributed by atoms with Crippen LogP contribution in [-0.4, -0.2) is 35.8 Å². The molecule has 0 unspecified atom stereocenters. The Morgan fingerprint density at radius 3 is 2.91 bits per heavy atom. The molecule has 1 N–H and O–H groups in total. The number of hydrogen-bond acceptors (Lipinski definition) is 5. The molecule has 0 spiro atoms. The Bertz CT molecular complexity index is 536. The van der Waals surface area contributed by atoms with Gasteiger partial charge in [0, 0.05) is 12.2 Å². The first kappa shape index (κ1) is 16.8. The number of aromatic nitrogens is 1. The first-order valence-electron chi connectivity index (χ1n) is 7.57. The third-order valence-electron chi connectivity index (χ3n) is 3.98. The maximum absolute atomic E-state index is 12.0. The highest BCUT2D eigenvalue weighted by atomic mass is 32.2. The number of amides is 1. The van der Waals surface area contributed by atoms with Gasteiger partial charge < -0.3 is 10.1 Å². The van der Waals surface area contributed by atoms with Crippen LogP contribution in [0.3, 0.4) is 0 Å². The van der Waals surface area contributed by atoms with E-state index in [2.05, 4.69) is 17.2 Å². The lowest BCUT2D eigenvalue weighted by molar-refractivity contribution is -0.125. The molecule has 0 saturated heterocycles. The molecule has 2 atom stereocenters. The largest absolute Gasteiger partial charge is 0.452 e. The van der Waals surface area contributed by atoms with Crippen molar-refractivity contribution in [1.82, 2.24) is 10.3 Å². The number of thioether (sulfide) groups is 1. The number of carbonyl (C=O) groups excluding carboxylic acids is 2. The molecule has 6 heteroatoms. The van der Waals surface area contributed by atoms with E-state index < -0.39 is 5.97 Å². The second-order valence-electron chi connectivity index (χ2n) is 5.57. The second-order valence-corrected chi connectivity index (χ2v) is 6.37. The van der Waals surface area contributed by atoms with E-state index in [4.69, 9.17) is 4.74 Å². The molecule has 1 aromatic rings. The van der Waals surface area contributed by atoms with Crippen molar-refractivity contribution in [2.24, 2.45) is 5.92 Å². The summed E-state index contributed by atoms with van der Waals surface area (Å²) in [7, 11) is 0. The Morgan fingerprint density at radius 2 is 2.18 bits per heavy atom. The van der Waals surface area contributed by atoms with Crippen LogP contribution in [0, 0.1) is 5.92 Å². The Morgan fingerprint density at radius 1 is 1.41 bits per heavy atom. The lowest BCUT2D eigenvalue weighted by Gasteiger charge is -2.29. The van der Waals surface area contributed by atoms with Gasteiger partial charge in [-0.15, -0.1) is 11.8 Å². The Labute approximate surface area is 135 Å². The number of hydrogen-bond donors (Lipinski definition) is 1. The standard InChI is InChI=1S/C16H22N2O3S/c1-11-6-3-4-8-13(11)18-14(19)10-21-16(20)12-7-5-9-17-15(12)22-2/h5,7,9,11,13H,3-4,6,8,10H2,1-2H3,(H,18,19)/t11-,13-/m1/s1. The maximum atomic E-state index is 12.0. The van der Waals surface area contributed by atoms with Crippen molar-refractivity contribution in [2.45, 2.75) is 43.7 Å². The van der Waals surface area contributed by atoms with E-state index in [9.17, 15) is 9.59 Å². The van der Waals surface area contributed by atoms with Crippen LogP contribution in [-0.2, 0) is 9.53 Å². The van der Waals surface area contributed by atoms with E-state index in [0.717, 1.165) is 19.3 Å².